The molecule has 3 aromatic carbocycles. The summed E-state index contributed by atoms with van der Waals surface area (Å²) in [6, 6.07) is 23.8. The highest BCUT2D eigenvalue weighted by molar-refractivity contribution is 7.89. The number of carbonyl (C=O) groups excluding carboxylic acids is 1. The average Bonchev–Trinajstić information content (AvgIpc) is 3.11. The number of anilines is 1. The molecule has 158 valence electrons. The van der Waals surface area contributed by atoms with Gasteiger partial charge in [-0.15, -0.1) is 0 Å². The Balaban J connectivity index is 1.55. The van der Waals surface area contributed by atoms with Crippen LogP contribution in [-0.4, -0.2) is 24.1 Å². The summed E-state index contributed by atoms with van der Waals surface area (Å²) in [5, 5.41) is 8.19. The summed E-state index contributed by atoms with van der Waals surface area (Å²) in [5.74, 6) is -0.216. The van der Waals surface area contributed by atoms with Gasteiger partial charge in [0, 0.05) is 18.0 Å². The molecule has 4 aromatic rings. The molecule has 4 rings (SSSR count). The fourth-order valence-corrected chi connectivity index (χ4v) is 4.36. The van der Waals surface area contributed by atoms with Gasteiger partial charge in [0.05, 0.1) is 29.2 Å². The minimum Gasteiger partial charge on any atom is -0.326 e. The fraction of sp³-hybridized carbons (Fsp3) is 0.130. The SMILES string of the molecule is CC(=O)Nc1ccc(S(=O)(=O)NCc2nn(Cc3ccccc3)c3ccccc23)cc1. The molecular formula is C23H22N4O3S. The van der Waals surface area contributed by atoms with Crippen molar-refractivity contribution >= 4 is 32.5 Å². The van der Waals surface area contributed by atoms with Gasteiger partial charge in [-0.3, -0.25) is 9.48 Å². The highest BCUT2D eigenvalue weighted by Gasteiger charge is 2.17. The van der Waals surface area contributed by atoms with Crippen LogP contribution in [0, 0.1) is 0 Å². The maximum Gasteiger partial charge on any atom is 0.240 e. The van der Waals surface area contributed by atoms with Crippen molar-refractivity contribution < 1.29 is 13.2 Å². The van der Waals surface area contributed by atoms with Crippen molar-refractivity contribution in [2.45, 2.75) is 24.9 Å². The molecule has 0 saturated heterocycles. The van der Waals surface area contributed by atoms with E-state index in [9.17, 15) is 13.2 Å². The zero-order chi connectivity index (χ0) is 21.8. The molecule has 8 heteroatoms. The lowest BCUT2D eigenvalue weighted by Crippen LogP contribution is -2.23. The Hall–Kier alpha value is -3.49. The number of benzene rings is 3. The quantitative estimate of drug-likeness (QED) is 0.465. The minimum absolute atomic E-state index is 0.0675. The van der Waals surface area contributed by atoms with Crippen molar-refractivity contribution in [1.29, 1.82) is 0 Å². The molecule has 1 aromatic heterocycles. The number of nitrogens with zero attached hydrogens (tertiary/aromatic N) is 2. The predicted molar refractivity (Wildman–Crippen MR) is 120 cm³/mol. The molecule has 0 aliphatic carbocycles. The van der Waals surface area contributed by atoms with Crippen molar-refractivity contribution in [2.24, 2.45) is 0 Å². The number of para-hydroxylation sites is 1. The topological polar surface area (TPSA) is 93.1 Å². The van der Waals surface area contributed by atoms with E-state index in [4.69, 9.17) is 0 Å². The molecule has 0 atom stereocenters. The van der Waals surface area contributed by atoms with Gasteiger partial charge >= 0.3 is 0 Å². The smallest absolute Gasteiger partial charge is 0.240 e. The summed E-state index contributed by atoms with van der Waals surface area (Å²) < 4.78 is 30.0. The number of rotatable bonds is 7. The molecule has 1 amide bonds. The molecular weight excluding hydrogens is 412 g/mol. The van der Waals surface area contributed by atoms with Crippen LogP contribution >= 0.6 is 0 Å². The highest BCUT2D eigenvalue weighted by atomic mass is 32.2. The van der Waals surface area contributed by atoms with Gasteiger partial charge in [-0.05, 0) is 35.9 Å². The average molecular weight is 435 g/mol. The number of amides is 1. The standard InChI is InChI=1S/C23H22N4O3S/c1-17(28)25-19-11-13-20(14-12-19)31(29,30)24-15-22-21-9-5-6-10-23(21)27(26-22)16-18-7-3-2-4-8-18/h2-14,24H,15-16H2,1H3,(H,25,28). The van der Waals surface area contributed by atoms with Crippen LogP contribution in [0.3, 0.4) is 0 Å². The van der Waals surface area contributed by atoms with Crippen LogP contribution in [0.15, 0.2) is 83.8 Å². The lowest BCUT2D eigenvalue weighted by molar-refractivity contribution is -0.114. The highest BCUT2D eigenvalue weighted by Crippen LogP contribution is 2.21. The van der Waals surface area contributed by atoms with Crippen LogP contribution in [0.5, 0.6) is 0 Å². The van der Waals surface area contributed by atoms with Gasteiger partial charge in [0.25, 0.3) is 0 Å². The van der Waals surface area contributed by atoms with E-state index in [1.54, 1.807) is 12.1 Å². The molecule has 0 fully saturated rings. The molecule has 0 unspecified atom stereocenters. The first-order valence-corrected chi connectivity index (χ1v) is 11.3. The Morgan fingerprint density at radius 2 is 1.61 bits per heavy atom. The van der Waals surface area contributed by atoms with Gasteiger partial charge < -0.3 is 5.32 Å². The van der Waals surface area contributed by atoms with Crippen molar-refractivity contribution in [3.8, 4) is 0 Å². The van der Waals surface area contributed by atoms with Gasteiger partial charge in [-0.2, -0.15) is 5.10 Å². The number of carbonyl (C=O) groups is 1. The molecule has 0 aliphatic heterocycles. The summed E-state index contributed by atoms with van der Waals surface area (Å²) >= 11 is 0. The molecule has 1 heterocycles. The van der Waals surface area contributed by atoms with Gasteiger partial charge in [0.1, 0.15) is 0 Å². The lowest BCUT2D eigenvalue weighted by atomic mass is 10.2. The minimum atomic E-state index is -3.73. The van der Waals surface area contributed by atoms with Crippen molar-refractivity contribution in [3.63, 3.8) is 0 Å². The van der Waals surface area contributed by atoms with Crippen molar-refractivity contribution in [3.05, 3.63) is 90.1 Å². The molecule has 0 radical (unpaired) electrons. The van der Waals surface area contributed by atoms with E-state index < -0.39 is 10.0 Å². The number of sulfonamides is 1. The third kappa shape index (κ3) is 4.82. The normalized spacial score (nSPS) is 11.5. The second-order valence-electron chi connectivity index (χ2n) is 7.14. The molecule has 2 N–H and O–H groups in total. The third-order valence-electron chi connectivity index (χ3n) is 4.82. The number of hydrogen-bond donors (Lipinski definition) is 2. The number of hydrogen-bond acceptors (Lipinski definition) is 4. The monoisotopic (exact) mass is 434 g/mol. The maximum atomic E-state index is 12.7. The molecule has 0 saturated carbocycles. The third-order valence-corrected chi connectivity index (χ3v) is 6.24. The van der Waals surface area contributed by atoms with Gasteiger partial charge in [0.15, 0.2) is 0 Å². The summed E-state index contributed by atoms with van der Waals surface area (Å²) in [7, 11) is -3.73. The van der Waals surface area contributed by atoms with Crippen molar-refractivity contribution in [2.75, 3.05) is 5.32 Å². The Morgan fingerprint density at radius 3 is 2.32 bits per heavy atom. The van der Waals surface area contributed by atoms with Crippen LogP contribution in [0.1, 0.15) is 18.2 Å². The van der Waals surface area contributed by atoms with E-state index in [0.29, 0.717) is 17.9 Å². The van der Waals surface area contributed by atoms with Gasteiger partial charge in [-0.25, -0.2) is 13.1 Å². The van der Waals surface area contributed by atoms with E-state index in [0.717, 1.165) is 16.5 Å². The fourth-order valence-electron chi connectivity index (χ4n) is 3.37. The summed E-state index contributed by atoms with van der Waals surface area (Å²) in [5.41, 5.74) is 3.25. The molecule has 7 nitrogen and oxygen atoms in total. The zero-order valence-electron chi connectivity index (χ0n) is 16.9. The first-order valence-electron chi connectivity index (χ1n) is 9.78. The largest absolute Gasteiger partial charge is 0.326 e. The summed E-state index contributed by atoms with van der Waals surface area (Å²) in [4.78, 5) is 11.2. The number of fused-ring (bicyclic) bond motifs is 1. The Morgan fingerprint density at radius 1 is 0.935 bits per heavy atom. The molecule has 0 spiro atoms. The van der Waals surface area contributed by atoms with E-state index in [1.165, 1.54) is 19.1 Å². The molecule has 0 aliphatic rings. The zero-order valence-corrected chi connectivity index (χ0v) is 17.8. The first-order chi connectivity index (χ1) is 14.9. The van der Waals surface area contributed by atoms with Crippen LogP contribution in [0.2, 0.25) is 0 Å². The van der Waals surface area contributed by atoms with E-state index >= 15 is 0 Å². The number of aromatic nitrogens is 2. The maximum absolute atomic E-state index is 12.7. The van der Waals surface area contributed by atoms with Crippen LogP contribution in [0.4, 0.5) is 5.69 Å². The Bertz CT molecular complexity index is 1310. The summed E-state index contributed by atoms with van der Waals surface area (Å²) in [6.45, 7) is 2.06. The number of nitrogens with one attached hydrogen (secondary N) is 2. The first kappa shape index (κ1) is 20.8. The predicted octanol–water partition coefficient (Wildman–Crippen LogP) is 3.52. The second kappa shape index (κ2) is 8.71. The Kier molecular flexibility index (Phi) is 5.83. The summed E-state index contributed by atoms with van der Waals surface area (Å²) in [6.07, 6.45) is 0. The van der Waals surface area contributed by atoms with Gasteiger partial charge in [-0.1, -0.05) is 48.5 Å². The molecule has 31 heavy (non-hydrogen) atoms. The molecule has 0 bridgehead atoms. The Labute approximate surface area is 180 Å². The van der Waals surface area contributed by atoms with Crippen LogP contribution in [0.25, 0.3) is 10.9 Å². The van der Waals surface area contributed by atoms with E-state index in [2.05, 4.69) is 15.1 Å². The van der Waals surface area contributed by atoms with Gasteiger partial charge in [0.2, 0.25) is 15.9 Å². The van der Waals surface area contributed by atoms with Crippen LogP contribution in [-0.2, 0) is 27.9 Å². The van der Waals surface area contributed by atoms with E-state index in [1.807, 2.05) is 59.3 Å². The second-order valence-corrected chi connectivity index (χ2v) is 8.90. The van der Waals surface area contributed by atoms with E-state index in [-0.39, 0.29) is 17.3 Å². The van der Waals surface area contributed by atoms with Crippen LogP contribution < -0.4 is 10.0 Å². The lowest BCUT2D eigenvalue weighted by Gasteiger charge is -2.07. The van der Waals surface area contributed by atoms with Crippen molar-refractivity contribution in [1.82, 2.24) is 14.5 Å².